The highest BCUT2D eigenvalue weighted by Crippen LogP contribution is 2.74. The fourth-order valence-corrected chi connectivity index (χ4v) is 13.1. The highest BCUT2D eigenvalue weighted by atomic mass is 33.1. The van der Waals surface area contributed by atoms with Crippen LogP contribution in [0.15, 0.2) is 71.8 Å². The van der Waals surface area contributed by atoms with Gasteiger partial charge in [0.15, 0.2) is 17.5 Å². The summed E-state index contributed by atoms with van der Waals surface area (Å²) in [5.41, 5.74) is -3.40. The lowest BCUT2D eigenvalue weighted by Crippen LogP contribution is -2.74. The predicted octanol–water partition coefficient (Wildman–Crippen LogP) is 8.31. The average Bonchev–Trinajstić information content (AvgIpc) is 4.01. The van der Waals surface area contributed by atoms with Crippen molar-refractivity contribution in [2.45, 2.75) is 136 Å². The Kier molecular flexibility index (Phi) is 15.5. The molecule has 1 saturated heterocycles. The van der Waals surface area contributed by atoms with E-state index in [1.165, 1.54) is 24.6 Å². The van der Waals surface area contributed by atoms with Gasteiger partial charge in [-0.05, 0) is 93.6 Å². The first kappa shape index (κ1) is 51.8. The van der Waals surface area contributed by atoms with Crippen LogP contribution in [0.25, 0.3) is 0 Å². The maximum atomic E-state index is 15.7. The number of ketones is 1. The van der Waals surface area contributed by atoms with Gasteiger partial charge in [0.1, 0.15) is 36.6 Å². The van der Waals surface area contributed by atoms with Crippen molar-refractivity contribution in [2.75, 3.05) is 24.7 Å². The lowest BCUT2D eigenvalue weighted by molar-refractivity contribution is -0.311. The number of hydrogen-bond acceptors (Lipinski definition) is 17. The summed E-state index contributed by atoms with van der Waals surface area (Å²) in [4.78, 5) is 98.5. The van der Waals surface area contributed by atoms with Gasteiger partial charge in [0.2, 0.25) is 6.10 Å². The molecule has 69 heavy (non-hydrogen) atoms. The number of alkyl carbamates (subject to hydrolysis) is 1. The first-order chi connectivity index (χ1) is 32.6. The minimum atomic E-state index is -1.88. The summed E-state index contributed by atoms with van der Waals surface area (Å²) in [6.07, 6.45) is -6.83. The summed E-state index contributed by atoms with van der Waals surface area (Å²) in [5.74, 6) is -4.31. The summed E-state index contributed by atoms with van der Waals surface area (Å²) in [5, 5.41) is 2.71. The van der Waals surface area contributed by atoms with Crippen molar-refractivity contribution in [1.82, 2.24) is 5.32 Å². The summed E-state index contributed by atoms with van der Waals surface area (Å²) in [6, 6.07) is 15.4. The Bertz CT molecular complexity index is 2320. The number of ether oxygens (including phenoxy) is 8. The number of nitrogens with one attached hydrogen (secondary N) is 1. The molecular formula is C51H63NO15S2. The molecule has 5 aliphatic rings. The largest absolute Gasteiger partial charge is 0.509 e. The topological polar surface area (TPSA) is 205 Å². The molecule has 1 N–H and O–H groups in total. The molecule has 11 atom stereocenters. The predicted molar refractivity (Wildman–Crippen MR) is 254 cm³/mol. The van der Waals surface area contributed by atoms with E-state index >= 15 is 9.59 Å². The summed E-state index contributed by atoms with van der Waals surface area (Å²) in [6.45, 7) is 14.8. The highest BCUT2D eigenvalue weighted by Gasteiger charge is 2.82. The normalized spacial score (nSPS) is 29.3. The standard InChI is InChI=1S/C51H63NO15S2/c1-10-22-68-69-23-21-60-47(59)65-41(38(31-17-13-11-14-18-31)52-46(58)67-48(5,6)7)45(57)63-35-25-34-39(64-44(56)32-19-15-12-16-20-32)42-50(26-33(50)24-36-51(42,27-61-36)66-30(4)54)43(55)40(62-29(3)53)37(28(35)2)49(34,8)9/h11-20,33-36,38-42H,10,21-27H2,1-9H3,(H,52,58)/t33-,34?,35+,36-,38+,39-,40-,41-,42+,50-,51+/m1/s1. The van der Waals surface area contributed by atoms with Crippen molar-refractivity contribution in [1.29, 1.82) is 0 Å². The van der Waals surface area contributed by atoms with Gasteiger partial charge in [-0.3, -0.25) is 14.4 Å². The van der Waals surface area contributed by atoms with E-state index in [0.717, 1.165) is 12.2 Å². The lowest BCUT2D eigenvalue weighted by atomic mass is 9.50. The Balaban J connectivity index is 1.34. The van der Waals surface area contributed by atoms with Crippen LogP contribution < -0.4 is 5.32 Å². The van der Waals surface area contributed by atoms with Crippen LogP contribution in [-0.4, -0.2) is 108 Å². The fourth-order valence-electron chi connectivity index (χ4n) is 11.1. The molecule has 2 aromatic carbocycles. The van der Waals surface area contributed by atoms with Crippen LogP contribution in [0.5, 0.6) is 0 Å². The van der Waals surface area contributed by atoms with Crippen molar-refractivity contribution in [2.24, 2.45) is 28.6 Å². The molecule has 2 aromatic rings. The van der Waals surface area contributed by atoms with E-state index in [9.17, 15) is 24.0 Å². The molecule has 1 unspecified atom stereocenters. The van der Waals surface area contributed by atoms with Crippen LogP contribution in [0.4, 0.5) is 9.59 Å². The second kappa shape index (κ2) is 20.7. The molecular weight excluding hydrogens is 931 g/mol. The average molecular weight is 994 g/mol. The fraction of sp³-hybridized carbons (Fsp3) is 0.588. The van der Waals surface area contributed by atoms with Crippen LogP contribution >= 0.6 is 21.6 Å². The van der Waals surface area contributed by atoms with Gasteiger partial charge in [-0.2, -0.15) is 0 Å². The Morgan fingerprint density at radius 3 is 2.16 bits per heavy atom. The van der Waals surface area contributed by atoms with Gasteiger partial charge >= 0.3 is 36.1 Å². The maximum absolute atomic E-state index is 15.7. The monoisotopic (exact) mass is 993 g/mol. The number of benzene rings is 2. The number of hydrogen-bond donors (Lipinski definition) is 1. The number of carbonyl (C=O) groups is 7. The summed E-state index contributed by atoms with van der Waals surface area (Å²) >= 11 is 0. The quantitative estimate of drug-likeness (QED) is 0.0552. The molecule has 1 amide bonds. The molecule has 18 heteroatoms. The van der Waals surface area contributed by atoms with Gasteiger partial charge in [-0.15, -0.1) is 0 Å². The molecule has 7 rings (SSSR count). The van der Waals surface area contributed by atoms with Gasteiger partial charge < -0.3 is 43.2 Å². The molecule has 0 radical (unpaired) electrons. The Hall–Kier alpha value is -5.07. The molecule has 16 nitrogen and oxygen atoms in total. The van der Waals surface area contributed by atoms with E-state index < -0.39 is 112 Å². The first-order valence-electron chi connectivity index (χ1n) is 23.5. The first-order valence-corrected chi connectivity index (χ1v) is 26.0. The Morgan fingerprint density at radius 2 is 1.55 bits per heavy atom. The second-order valence-electron chi connectivity index (χ2n) is 20.0. The number of fused-ring (bicyclic) bond motifs is 4. The smallest absolute Gasteiger partial charge is 0.458 e. The minimum Gasteiger partial charge on any atom is -0.458 e. The molecule has 0 aromatic heterocycles. The van der Waals surface area contributed by atoms with Crippen LogP contribution in [0, 0.1) is 28.6 Å². The minimum absolute atomic E-state index is 0.0278. The SMILES string of the molecule is CCCSSCCOC(=O)O[C@@H](C(=O)O[C@H]1CC2[C@@H](OC(=O)c3ccccc3)[C@@H]3[C@]4(OC(C)=O)CO[C@@H]4C[C@@H]4C[C@@]43C(=O)[C@H](OC(C)=O)C(=C1C)C2(C)C)[C@@H](NC(=O)OC(C)(C)C)c1ccccc1. The van der Waals surface area contributed by atoms with E-state index in [1.54, 1.807) is 99.2 Å². The van der Waals surface area contributed by atoms with Gasteiger partial charge in [0, 0.05) is 36.7 Å². The number of carbonyl (C=O) groups excluding carboxylic acids is 7. The molecule has 1 aliphatic heterocycles. The van der Waals surface area contributed by atoms with Crippen LogP contribution in [0.1, 0.15) is 110 Å². The maximum Gasteiger partial charge on any atom is 0.509 e. The van der Waals surface area contributed by atoms with Crippen molar-refractivity contribution < 1.29 is 71.5 Å². The Morgan fingerprint density at radius 1 is 0.884 bits per heavy atom. The zero-order valence-corrected chi connectivity index (χ0v) is 42.2. The molecule has 3 saturated carbocycles. The number of rotatable bonds is 16. The molecule has 2 bridgehead atoms. The Labute approximate surface area is 410 Å². The highest BCUT2D eigenvalue weighted by molar-refractivity contribution is 8.76. The van der Waals surface area contributed by atoms with E-state index in [1.807, 2.05) is 13.8 Å². The molecule has 1 spiro atoms. The van der Waals surface area contributed by atoms with Crippen molar-refractivity contribution >= 4 is 63.5 Å². The van der Waals surface area contributed by atoms with Crippen LogP contribution in [-0.2, 0) is 57.1 Å². The summed E-state index contributed by atoms with van der Waals surface area (Å²) < 4.78 is 48.5. The lowest BCUT2D eigenvalue weighted by Gasteiger charge is -2.62. The zero-order valence-electron chi connectivity index (χ0n) is 40.6. The second-order valence-corrected chi connectivity index (χ2v) is 22.7. The third-order valence-corrected chi connectivity index (χ3v) is 16.5. The van der Waals surface area contributed by atoms with Gasteiger partial charge in [0.05, 0.1) is 18.1 Å². The molecule has 374 valence electrons. The van der Waals surface area contributed by atoms with Gasteiger partial charge in [-0.1, -0.05) is 90.9 Å². The molecule has 1 heterocycles. The van der Waals surface area contributed by atoms with Crippen LogP contribution in [0.2, 0.25) is 0 Å². The van der Waals surface area contributed by atoms with Crippen LogP contribution in [0.3, 0.4) is 0 Å². The van der Waals surface area contributed by atoms with E-state index in [2.05, 4.69) is 12.2 Å². The third-order valence-electron chi connectivity index (χ3n) is 13.9. The molecule has 4 aliphatic carbocycles. The third kappa shape index (κ3) is 10.7. The summed E-state index contributed by atoms with van der Waals surface area (Å²) in [7, 11) is 3.14. The van der Waals surface area contributed by atoms with Crippen molar-refractivity contribution in [3.05, 3.63) is 82.9 Å². The number of esters is 4. The van der Waals surface area contributed by atoms with E-state index in [-0.39, 0.29) is 31.1 Å². The molecule has 4 fully saturated rings. The van der Waals surface area contributed by atoms with E-state index in [0.29, 0.717) is 35.3 Å². The van der Waals surface area contributed by atoms with Gasteiger partial charge in [0.25, 0.3) is 0 Å². The van der Waals surface area contributed by atoms with Crippen molar-refractivity contribution in [3.8, 4) is 0 Å². The van der Waals surface area contributed by atoms with E-state index in [4.69, 9.17) is 37.9 Å². The zero-order chi connectivity index (χ0) is 50.1. The van der Waals surface area contributed by atoms with Crippen molar-refractivity contribution in [3.63, 3.8) is 0 Å². The number of amides is 1. The number of Topliss-reactive ketones (excluding diaryl/α,β-unsaturated/α-hetero) is 1. The van der Waals surface area contributed by atoms with Gasteiger partial charge in [-0.25, -0.2) is 19.2 Å².